The largest absolute Gasteiger partial charge is 0.438 e. The lowest BCUT2D eigenvalue weighted by Gasteiger charge is -2.20. The van der Waals surface area contributed by atoms with Gasteiger partial charge in [-0.25, -0.2) is 4.74 Å². The molecule has 5 nitrogen and oxygen atoms in total. The Kier molecular flexibility index (Phi) is 7.75. The lowest BCUT2D eigenvalue weighted by molar-refractivity contribution is 0.0545. The molecule has 0 aromatic heterocycles. The van der Waals surface area contributed by atoms with Crippen LogP contribution in [0.5, 0.6) is 5.75 Å². The van der Waals surface area contributed by atoms with Crippen LogP contribution in [0, 0.1) is 0 Å². The van der Waals surface area contributed by atoms with Gasteiger partial charge < -0.3 is 18.5 Å². The van der Waals surface area contributed by atoms with Crippen molar-refractivity contribution < 1.29 is 18.5 Å². The number of nitrogens with zero attached hydrogens (tertiary/aromatic N) is 1. The fourth-order valence-corrected chi connectivity index (χ4v) is 2.49. The van der Waals surface area contributed by atoms with Crippen molar-refractivity contribution in [3.8, 4) is 5.75 Å². The number of methoxy groups -OCH3 is 1. The monoisotopic (exact) mass is 287 g/mol. The summed E-state index contributed by atoms with van der Waals surface area (Å²) < 4.78 is 26.0. The van der Waals surface area contributed by atoms with E-state index in [4.69, 9.17) is 18.5 Å². The van der Waals surface area contributed by atoms with Crippen LogP contribution in [0.1, 0.15) is 0 Å². The highest BCUT2D eigenvalue weighted by atomic mass is 31.2. The number of ether oxygens (including phenoxy) is 2. The zero-order valence-corrected chi connectivity index (χ0v) is 12.6. The molecule has 0 spiro atoms. The predicted octanol–water partition coefficient (Wildman–Crippen LogP) is 3.04. The van der Waals surface area contributed by atoms with Gasteiger partial charge >= 0.3 is 0 Å². The molecule has 0 saturated heterocycles. The number of benzene rings is 1. The van der Waals surface area contributed by atoms with Crippen molar-refractivity contribution in [1.29, 1.82) is 0 Å². The standard InChI is InChI=1S/C13H22NO4P/c1-14-19(3,17-12-11-16-10-9-15-2)18-13-7-5-4-6-8-13/h4-8H,9-12H2,1-3H3. The van der Waals surface area contributed by atoms with Crippen LogP contribution in [0.2, 0.25) is 0 Å². The van der Waals surface area contributed by atoms with E-state index in [-0.39, 0.29) is 0 Å². The van der Waals surface area contributed by atoms with Crippen molar-refractivity contribution in [3.05, 3.63) is 30.3 Å². The fourth-order valence-electron chi connectivity index (χ4n) is 1.31. The van der Waals surface area contributed by atoms with E-state index in [1.807, 2.05) is 37.0 Å². The minimum atomic E-state index is -2.21. The van der Waals surface area contributed by atoms with Crippen molar-refractivity contribution in [2.24, 2.45) is 4.74 Å². The van der Waals surface area contributed by atoms with Gasteiger partial charge in [-0.15, -0.1) is 0 Å². The van der Waals surface area contributed by atoms with E-state index < -0.39 is 7.51 Å². The number of hydrogen-bond donors (Lipinski definition) is 0. The fraction of sp³-hybridized carbons (Fsp3) is 0.538. The molecule has 108 valence electrons. The second-order valence-corrected chi connectivity index (χ2v) is 6.29. The third-order valence-electron chi connectivity index (χ3n) is 2.37. The third kappa shape index (κ3) is 6.73. The molecule has 1 rings (SSSR count). The first-order chi connectivity index (χ1) is 9.20. The highest BCUT2D eigenvalue weighted by molar-refractivity contribution is 7.56. The summed E-state index contributed by atoms with van der Waals surface area (Å²) >= 11 is 0. The first-order valence-electron chi connectivity index (χ1n) is 6.14. The quantitative estimate of drug-likeness (QED) is 0.517. The molecular formula is C13H22NO4P. The minimum absolute atomic E-state index is 0.457. The molecule has 0 saturated carbocycles. The Labute approximate surface area is 115 Å². The Morgan fingerprint density at radius 3 is 2.37 bits per heavy atom. The third-order valence-corrected chi connectivity index (χ3v) is 4.31. The van der Waals surface area contributed by atoms with Crippen LogP contribution in [0.15, 0.2) is 35.1 Å². The maximum atomic E-state index is 5.82. The lowest BCUT2D eigenvalue weighted by atomic mass is 10.3. The van der Waals surface area contributed by atoms with Gasteiger partial charge in [0.1, 0.15) is 5.75 Å². The van der Waals surface area contributed by atoms with Crippen LogP contribution in [0.3, 0.4) is 0 Å². The molecule has 0 fully saturated rings. The minimum Gasteiger partial charge on any atom is -0.438 e. The zero-order chi connectivity index (χ0) is 14.0. The molecule has 0 bridgehead atoms. The molecular weight excluding hydrogens is 265 g/mol. The van der Waals surface area contributed by atoms with Gasteiger partial charge in [0.2, 0.25) is 0 Å². The van der Waals surface area contributed by atoms with Gasteiger partial charge in [-0.05, 0) is 12.1 Å². The average molecular weight is 287 g/mol. The number of hydrogen-bond acceptors (Lipinski definition) is 5. The van der Waals surface area contributed by atoms with E-state index >= 15 is 0 Å². The van der Waals surface area contributed by atoms with Crippen LogP contribution in [0.25, 0.3) is 0 Å². The van der Waals surface area contributed by atoms with Crippen molar-refractivity contribution in [2.45, 2.75) is 0 Å². The summed E-state index contributed by atoms with van der Waals surface area (Å²) in [5.74, 6) is 0.768. The van der Waals surface area contributed by atoms with Gasteiger partial charge in [0, 0.05) is 20.8 Å². The van der Waals surface area contributed by atoms with Crippen LogP contribution in [0.4, 0.5) is 0 Å². The normalized spacial score (nSPS) is 13.8. The van der Waals surface area contributed by atoms with Gasteiger partial charge in [0.05, 0.1) is 26.4 Å². The number of para-hydroxylation sites is 1. The Hall–Kier alpha value is -0.870. The maximum Gasteiger partial charge on any atom is 0.259 e. The highest BCUT2D eigenvalue weighted by Gasteiger charge is 2.14. The second kappa shape index (κ2) is 9.10. The molecule has 0 amide bonds. The van der Waals surface area contributed by atoms with Crippen LogP contribution in [-0.4, -0.2) is 47.2 Å². The van der Waals surface area contributed by atoms with Crippen LogP contribution >= 0.6 is 7.51 Å². The van der Waals surface area contributed by atoms with E-state index in [2.05, 4.69) is 4.74 Å². The molecule has 19 heavy (non-hydrogen) atoms. The van der Waals surface area contributed by atoms with E-state index in [0.29, 0.717) is 26.4 Å². The maximum absolute atomic E-state index is 5.82. The molecule has 0 aliphatic carbocycles. The molecule has 0 aliphatic heterocycles. The van der Waals surface area contributed by atoms with E-state index in [0.717, 1.165) is 5.75 Å². The topological polar surface area (TPSA) is 49.3 Å². The molecule has 0 heterocycles. The van der Waals surface area contributed by atoms with E-state index in [1.165, 1.54) is 0 Å². The summed E-state index contributed by atoms with van der Waals surface area (Å²) in [5.41, 5.74) is 0. The summed E-state index contributed by atoms with van der Waals surface area (Å²) in [7, 11) is 1.14. The van der Waals surface area contributed by atoms with E-state index in [1.54, 1.807) is 14.2 Å². The number of rotatable bonds is 9. The Morgan fingerprint density at radius 1 is 1.05 bits per heavy atom. The zero-order valence-electron chi connectivity index (χ0n) is 11.7. The summed E-state index contributed by atoms with van der Waals surface area (Å²) in [5, 5.41) is 0. The van der Waals surface area contributed by atoms with Gasteiger partial charge in [0.15, 0.2) is 0 Å². The lowest BCUT2D eigenvalue weighted by Crippen LogP contribution is -2.08. The Morgan fingerprint density at radius 2 is 1.74 bits per heavy atom. The van der Waals surface area contributed by atoms with Crippen LogP contribution < -0.4 is 4.52 Å². The molecule has 6 heteroatoms. The molecule has 0 radical (unpaired) electrons. The first-order valence-corrected chi connectivity index (χ1v) is 8.16. The van der Waals surface area contributed by atoms with Crippen molar-refractivity contribution in [2.75, 3.05) is 47.2 Å². The van der Waals surface area contributed by atoms with Gasteiger partial charge in [-0.3, -0.25) is 0 Å². The molecule has 1 aromatic rings. The van der Waals surface area contributed by atoms with Gasteiger partial charge in [-0.1, -0.05) is 18.2 Å². The van der Waals surface area contributed by atoms with Crippen molar-refractivity contribution in [3.63, 3.8) is 0 Å². The average Bonchev–Trinajstić information content (AvgIpc) is 2.44. The molecule has 1 unspecified atom stereocenters. The summed E-state index contributed by atoms with van der Waals surface area (Å²) in [4.78, 5) is 0. The SMILES string of the molecule is CN=P(C)(OCCOCCOC)Oc1ccccc1. The molecule has 1 atom stereocenters. The van der Waals surface area contributed by atoms with Gasteiger partial charge in [0.25, 0.3) is 7.51 Å². The summed E-state index contributed by atoms with van der Waals surface area (Å²) in [6, 6.07) is 9.56. The van der Waals surface area contributed by atoms with Crippen LogP contribution in [-0.2, 0) is 14.0 Å². The Balaban J connectivity index is 2.35. The summed E-state index contributed by atoms with van der Waals surface area (Å²) in [6.07, 6.45) is 0. The molecule has 0 N–H and O–H groups in total. The first kappa shape index (κ1) is 16.2. The smallest absolute Gasteiger partial charge is 0.259 e. The second-order valence-electron chi connectivity index (χ2n) is 3.85. The van der Waals surface area contributed by atoms with E-state index in [9.17, 15) is 0 Å². The van der Waals surface area contributed by atoms with Crippen molar-refractivity contribution in [1.82, 2.24) is 0 Å². The molecule has 0 aliphatic rings. The summed E-state index contributed by atoms with van der Waals surface area (Å²) in [6.45, 7) is 4.00. The van der Waals surface area contributed by atoms with Crippen molar-refractivity contribution >= 4 is 7.51 Å². The van der Waals surface area contributed by atoms with Gasteiger partial charge in [-0.2, -0.15) is 0 Å². The Bertz CT molecular complexity index is 397. The predicted molar refractivity (Wildman–Crippen MR) is 76.9 cm³/mol. The molecule has 1 aromatic carbocycles. The highest BCUT2D eigenvalue weighted by Crippen LogP contribution is 2.47.